The average molecular weight is 340 g/mol. The van der Waals surface area contributed by atoms with Crippen molar-refractivity contribution in [2.45, 2.75) is 39.0 Å². The minimum atomic E-state index is -0.178. The molecule has 0 spiro atoms. The Kier molecular flexibility index (Phi) is 7.89. The van der Waals surface area contributed by atoms with Crippen LogP contribution in [0.15, 0.2) is 24.3 Å². The second-order valence-electron chi connectivity index (χ2n) is 6.02. The van der Waals surface area contributed by atoms with Gasteiger partial charge in [0.1, 0.15) is 5.75 Å². The lowest BCUT2D eigenvalue weighted by molar-refractivity contribution is -0.134. The molecule has 1 unspecified atom stereocenters. The molecule has 0 bridgehead atoms. The van der Waals surface area contributed by atoms with Crippen LogP contribution in [0.2, 0.25) is 0 Å². The van der Waals surface area contributed by atoms with Gasteiger partial charge in [0.25, 0.3) is 0 Å². The molecule has 1 aromatic rings. The van der Waals surface area contributed by atoms with Gasteiger partial charge in [0, 0.05) is 19.5 Å². The van der Waals surface area contributed by atoms with E-state index in [0.29, 0.717) is 18.1 Å². The van der Waals surface area contributed by atoms with Gasteiger partial charge in [-0.05, 0) is 50.7 Å². The number of hydrogen-bond donors (Lipinski definition) is 2. The first-order valence-corrected chi connectivity index (χ1v) is 7.91. The Hall–Kier alpha value is -1.75. The molecule has 2 rings (SSSR count). The number of nitrogens with one attached hydrogen (secondary N) is 1. The lowest BCUT2D eigenvalue weighted by Crippen LogP contribution is -2.43. The van der Waals surface area contributed by atoms with Crippen LogP contribution in [0.1, 0.15) is 37.7 Å². The number of nitrogens with zero attached hydrogens (tertiary/aromatic N) is 1. The Labute approximate surface area is 144 Å². The Morgan fingerprint density at radius 1 is 1.39 bits per heavy atom. The summed E-state index contributed by atoms with van der Waals surface area (Å²) in [6, 6.07) is 7.50. The number of aryl methyl sites for hydroxylation is 1. The number of likely N-dealkylation sites (tertiary alicyclic amines) is 1. The predicted molar refractivity (Wildman–Crippen MR) is 94.1 cm³/mol. The molecule has 1 saturated heterocycles. The standard InChI is InChI=1S/C17H25N3O2.ClH/c1-13-7-9-15(10-8-13)22-16(21)6-2-4-14-5-3-11-20(12-14)17(18)19;/h7-10,14H,2-6,11-12H2,1H3,(H3,18,19);1H. The highest BCUT2D eigenvalue weighted by Crippen LogP contribution is 2.21. The van der Waals surface area contributed by atoms with E-state index < -0.39 is 0 Å². The van der Waals surface area contributed by atoms with Crippen LogP contribution in [-0.4, -0.2) is 29.9 Å². The van der Waals surface area contributed by atoms with Gasteiger partial charge < -0.3 is 15.4 Å². The first-order valence-electron chi connectivity index (χ1n) is 7.91. The summed E-state index contributed by atoms with van der Waals surface area (Å²) in [6.07, 6.45) is 4.45. The largest absolute Gasteiger partial charge is 0.427 e. The van der Waals surface area contributed by atoms with Crippen LogP contribution in [0, 0.1) is 18.3 Å². The molecule has 0 aliphatic carbocycles. The van der Waals surface area contributed by atoms with Crippen molar-refractivity contribution < 1.29 is 9.53 Å². The van der Waals surface area contributed by atoms with E-state index in [4.69, 9.17) is 15.9 Å². The van der Waals surface area contributed by atoms with Crippen LogP contribution < -0.4 is 10.5 Å². The zero-order chi connectivity index (χ0) is 15.9. The Morgan fingerprint density at radius 2 is 2.09 bits per heavy atom. The van der Waals surface area contributed by atoms with Gasteiger partial charge in [0.2, 0.25) is 0 Å². The highest BCUT2D eigenvalue weighted by molar-refractivity contribution is 5.85. The number of esters is 1. The highest BCUT2D eigenvalue weighted by atomic mass is 35.5. The molecule has 0 radical (unpaired) electrons. The van der Waals surface area contributed by atoms with Gasteiger partial charge in [-0.2, -0.15) is 0 Å². The fraction of sp³-hybridized carbons (Fsp3) is 0.529. The molecule has 1 fully saturated rings. The minimum absolute atomic E-state index is 0. The third-order valence-corrected chi connectivity index (χ3v) is 4.11. The maximum Gasteiger partial charge on any atom is 0.311 e. The first-order chi connectivity index (χ1) is 10.5. The minimum Gasteiger partial charge on any atom is -0.427 e. The zero-order valence-electron chi connectivity index (χ0n) is 13.6. The van der Waals surface area contributed by atoms with Gasteiger partial charge in [0.15, 0.2) is 5.96 Å². The van der Waals surface area contributed by atoms with E-state index in [0.717, 1.165) is 44.3 Å². The van der Waals surface area contributed by atoms with Crippen LogP contribution in [0.3, 0.4) is 0 Å². The first kappa shape index (κ1) is 19.3. The monoisotopic (exact) mass is 339 g/mol. The molecule has 1 heterocycles. The van der Waals surface area contributed by atoms with Crippen LogP contribution in [0.5, 0.6) is 5.75 Å². The van der Waals surface area contributed by atoms with Gasteiger partial charge in [-0.3, -0.25) is 10.2 Å². The molecule has 5 nitrogen and oxygen atoms in total. The van der Waals surface area contributed by atoms with Crippen molar-refractivity contribution >= 4 is 24.3 Å². The Balaban J connectivity index is 0.00000264. The van der Waals surface area contributed by atoms with Crippen LogP contribution in [-0.2, 0) is 4.79 Å². The van der Waals surface area contributed by atoms with E-state index in [9.17, 15) is 4.79 Å². The molecule has 1 aliphatic heterocycles. The number of benzene rings is 1. The summed E-state index contributed by atoms with van der Waals surface area (Å²) in [7, 11) is 0. The molecule has 1 aromatic carbocycles. The van der Waals surface area contributed by atoms with E-state index in [1.165, 1.54) is 0 Å². The second-order valence-corrected chi connectivity index (χ2v) is 6.02. The quantitative estimate of drug-likeness (QED) is 0.374. The third kappa shape index (κ3) is 6.48. The molecular formula is C17H26ClN3O2. The molecular weight excluding hydrogens is 314 g/mol. The number of piperidine rings is 1. The van der Waals surface area contributed by atoms with Gasteiger partial charge in [-0.1, -0.05) is 17.7 Å². The van der Waals surface area contributed by atoms with Crippen molar-refractivity contribution in [3.05, 3.63) is 29.8 Å². The van der Waals surface area contributed by atoms with E-state index in [2.05, 4.69) is 0 Å². The van der Waals surface area contributed by atoms with E-state index in [-0.39, 0.29) is 24.3 Å². The lowest BCUT2D eigenvalue weighted by Gasteiger charge is -2.32. The number of ether oxygens (including phenoxy) is 1. The summed E-state index contributed by atoms with van der Waals surface area (Å²) in [5, 5.41) is 7.49. The summed E-state index contributed by atoms with van der Waals surface area (Å²) in [4.78, 5) is 13.7. The summed E-state index contributed by atoms with van der Waals surface area (Å²) in [5.74, 6) is 1.10. The van der Waals surface area contributed by atoms with Gasteiger partial charge >= 0.3 is 5.97 Å². The van der Waals surface area contributed by atoms with Crippen LogP contribution in [0.4, 0.5) is 0 Å². The Morgan fingerprint density at radius 3 is 2.74 bits per heavy atom. The summed E-state index contributed by atoms with van der Waals surface area (Å²) in [5.41, 5.74) is 6.68. The predicted octanol–water partition coefficient (Wildman–Crippen LogP) is 3.10. The SMILES string of the molecule is Cc1ccc(OC(=O)CCCC2CCCN(C(=N)N)C2)cc1.Cl. The fourth-order valence-corrected chi connectivity index (χ4v) is 2.84. The maximum absolute atomic E-state index is 11.8. The number of halogens is 1. The number of nitrogens with two attached hydrogens (primary N) is 1. The molecule has 128 valence electrons. The zero-order valence-corrected chi connectivity index (χ0v) is 14.4. The number of hydrogen-bond acceptors (Lipinski definition) is 3. The summed E-state index contributed by atoms with van der Waals surface area (Å²) < 4.78 is 5.31. The molecule has 0 aromatic heterocycles. The van der Waals surface area contributed by atoms with Crippen molar-refractivity contribution in [2.75, 3.05) is 13.1 Å². The second kappa shape index (κ2) is 9.40. The van der Waals surface area contributed by atoms with Crippen LogP contribution >= 0.6 is 12.4 Å². The van der Waals surface area contributed by atoms with Gasteiger partial charge in [-0.15, -0.1) is 12.4 Å². The molecule has 1 atom stereocenters. The molecule has 0 amide bonds. The highest BCUT2D eigenvalue weighted by Gasteiger charge is 2.20. The molecule has 3 N–H and O–H groups in total. The lowest BCUT2D eigenvalue weighted by atomic mass is 9.93. The van der Waals surface area contributed by atoms with Crippen molar-refractivity contribution in [1.29, 1.82) is 5.41 Å². The number of carbonyl (C=O) groups is 1. The molecule has 6 heteroatoms. The van der Waals surface area contributed by atoms with Crippen molar-refractivity contribution in [1.82, 2.24) is 4.90 Å². The maximum atomic E-state index is 11.8. The van der Waals surface area contributed by atoms with Crippen molar-refractivity contribution in [2.24, 2.45) is 11.7 Å². The van der Waals surface area contributed by atoms with Crippen molar-refractivity contribution in [3.8, 4) is 5.75 Å². The number of carbonyl (C=O) groups excluding carboxylic acids is 1. The average Bonchev–Trinajstić information content (AvgIpc) is 2.50. The summed E-state index contributed by atoms with van der Waals surface area (Å²) in [6.45, 7) is 3.71. The van der Waals surface area contributed by atoms with E-state index >= 15 is 0 Å². The third-order valence-electron chi connectivity index (χ3n) is 4.11. The Bertz CT molecular complexity index is 519. The number of guanidine groups is 1. The molecule has 0 saturated carbocycles. The molecule has 23 heavy (non-hydrogen) atoms. The fourth-order valence-electron chi connectivity index (χ4n) is 2.84. The van der Waals surface area contributed by atoms with Crippen LogP contribution in [0.25, 0.3) is 0 Å². The van der Waals surface area contributed by atoms with Gasteiger partial charge in [-0.25, -0.2) is 0 Å². The number of rotatable bonds is 5. The smallest absolute Gasteiger partial charge is 0.311 e. The van der Waals surface area contributed by atoms with E-state index in [1.54, 1.807) is 0 Å². The normalized spacial score (nSPS) is 17.3. The topological polar surface area (TPSA) is 79.4 Å². The van der Waals surface area contributed by atoms with Gasteiger partial charge in [0.05, 0.1) is 0 Å². The summed E-state index contributed by atoms with van der Waals surface area (Å²) >= 11 is 0. The van der Waals surface area contributed by atoms with E-state index in [1.807, 2.05) is 36.1 Å². The van der Waals surface area contributed by atoms with Crippen molar-refractivity contribution in [3.63, 3.8) is 0 Å². The molecule has 1 aliphatic rings.